The fourth-order valence-electron chi connectivity index (χ4n) is 2.88. The van der Waals surface area contributed by atoms with Gasteiger partial charge in [-0.15, -0.1) is 0 Å². The number of para-hydroxylation sites is 1. The highest BCUT2D eigenvalue weighted by Crippen LogP contribution is 2.28. The van der Waals surface area contributed by atoms with Gasteiger partial charge in [-0.2, -0.15) is 0 Å². The average Bonchev–Trinajstić information content (AvgIpc) is 2.75. The number of hydrogen-bond acceptors (Lipinski definition) is 3. The number of carbonyl (C=O) groups excluding carboxylic acids is 1. The Bertz CT molecular complexity index is 917. The van der Waals surface area contributed by atoms with Crippen molar-refractivity contribution >= 4 is 23.0 Å². The largest absolute Gasteiger partial charge is 0.484 e. The van der Waals surface area contributed by atoms with Crippen LogP contribution >= 0.6 is 0 Å². The molecule has 0 fully saturated rings. The fourth-order valence-corrected chi connectivity index (χ4v) is 2.88. The molecule has 0 saturated heterocycles. The van der Waals surface area contributed by atoms with Gasteiger partial charge >= 0.3 is 0 Å². The quantitative estimate of drug-likeness (QED) is 0.488. The van der Waals surface area contributed by atoms with E-state index >= 15 is 0 Å². The maximum absolute atomic E-state index is 12.2. The summed E-state index contributed by atoms with van der Waals surface area (Å²) in [5.74, 6) is 0.505. The molecule has 0 bridgehead atoms. The molecule has 3 rings (SSSR count). The van der Waals surface area contributed by atoms with Crippen LogP contribution in [0, 0.1) is 0 Å². The molecule has 0 saturated carbocycles. The van der Waals surface area contributed by atoms with Crippen LogP contribution in [0.4, 0.5) is 17.1 Å². The summed E-state index contributed by atoms with van der Waals surface area (Å²) in [7, 11) is 0. The molecule has 0 aromatic heterocycles. The van der Waals surface area contributed by atoms with Gasteiger partial charge in [0.05, 0.1) is 0 Å². The van der Waals surface area contributed by atoms with Crippen LogP contribution < -0.4 is 15.4 Å². The Morgan fingerprint density at radius 2 is 1.41 bits per heavy atom. The highest BCUT2D eigenvalue weighted by atomic mass is 16.5. The second-order valence-electron chi connectivity index (χ2n) is 7.67. The molecule has 150 valence electrons. The lowest BCUT2D eigenvalue weighted by atomic mass is 9.82. The third-order valence-corrected chi connectivity index (χ3v) is 5.12. The molecule has 3 aromatic carbocycles. The third-order valence-electron chi connectivity index (χ3n) is 5.12. The van der Waals surface area contributed by atoms with Crippen LogP contribution in [0.2, 0.25) is 0 Å². The maximum Gasteiger partial charge on any atom is 0.262 e. The Kier molecular flexibility index (Phi) is 6.55. The van der Waals surface area contributed by atoms with E-state index in [-0.39, 0.29) is 17.9 Å². The van der Waals surface area contributed by atoms with E-state index in [0.717, 1.165) is 23.5 Å². The van der Waals surface area contributed by atoms with E-state index in [9.17, 15) is 4.79 Å². The van der Waals surface area contributed by atoms with Gasteiger partial charge in [0.2, 0.25) is 0 Å². The first-order valence-electron chi connectivity index (χ1n) is 9.91. The second-order valence-corrected chi connectivity index (χ2v) is 7.67. The lowest BCUT2D eigenvalue weighted by Crippen LogP contribution is -2.20. The van der Waals surface area contributed by atoms with Crippen molar-refractivity contribution in [1.29, 1.82) is 0 Å². The zero-order valence-corrected chi connectivity index (χ0v) is 17.2. The first-order valence-corrected chi connectivity index (χ1v) is 9.91. The van der Waals surface area contributed by atoms with Crippen LogP contribution in [0.5, 0.6) is 5.75 Å². The Hall–Kier alpha value is -3.27. The first-order chi connectivity index (χ1) is 14.0. The summed E-state index contributed by atoms with van der Waals surface area (Å²) in [6.45, 7) is 6.59. The van der Waals surface area contributed by atoms with E-state index in [4.69, 9.17) is 4.74 Å². The van der Waals surface area contributed by atoms with Crippen molar-refractivity contribution in [3.63, 3.8) is 0 Å². The molecule has 0 atom stereocenters. The molecule has 0 heterocycles. The van der Waals surface area contributed by atoms with Crippen molar-refractivity contribution in [3.8, 4) is 5.75 Å². The number of carbonyl (C=O) groups is 1. The van der Waals surface area contributed by atoms with Crippen molar-refractivity contribution in [1.82, 2.24) is 0 Å². The molecule has 0 aliphatic carbocycles. The molecule has 0 unspecified atom stereocenters. The zero-order chi connectivity index (χ0) is 20.7. The van der Waals surface area contributed by atoms with Crippen LogP contribution in [-0.2, 0) is 10.2 Å². The number of amides is 1. The molecule has 2 N–H and O–H groups in total. The summed E-state index contributed by atoms with van der Waals surface area (Å²) in [5, 5.41) is 6.17. The Labute approximate surface area is 172 Å². The normalized spacial score (nSPS) is 11.0. The summed E-state index contributed by atoms with van der Waals surface area (Å²) in [6, 6.07) is 25.5. The van der Waals surface area contributed by atoms with E-state index in [0.29, 0.717) is 5.75 Å². The summed E-state index contributed by atoms with van der Waals surface area (Å²) in [5.41, 5.74) is 4.11. The van der Waals surface area contributed by atoms with Crippen molar-refractivity contribution in [2.75, 3.05) is 17.2 Å². The standard InChI is InChI=1S/C25H28N2O2/c1-4-25(2,3)19-10-16-23(17-11-19)29-18-24(28)27-22-14-12-21(13-15-22)26-20-8-6-5-7-9-20/h5-17,26H,4,18H2,1-3H3,(H,27,28). The van der Waals surface area contributed by atoms with E-state index < -0.39 is 0 Å². The van der Waals surface area contributed by atoms with Crippen molar-refractivity contribution < 1.29 is 9.53 Å². The fraction of sp³-hybridized carbons (Fsp3) is 0.240. The molecule has 1 amide bonds. The van der Waals surface area contributed by atoms with E-state index in [1.165, 1.54) is 5.56 Å². The first kappa shape index (κ1) is 20.5. The smallest absolute Gasteiger partial charge is 0.262 e. The highest BCUT2D eigenvalue weighted by molar-refractivity contribution is 5.92. The minimum Gasteiger partial charge on any atom is -0.484 e. The van der Waals surface area contributed by atoms with Gasteiger partial charge in [0.15, 0.2) is 6.61 Å². The number of nitrogens with one attached hydrogen (secondary N) is 2. The van der Waals surface area contributed by atoms with Crippen LogP contribution in [0.1, 0.15) is 32.8 Å². The van der Waals surface area contributed by atoms with Crippen molar-refractivity contribution in [3.05, 3.63) is 84.4 Å². The van der Waals surface area contributed by atoms with Gasteiger partial charge in [-0.25, -0.2) is 0 Å². The topological polar surface area (TPSA) is 50.4 Å². The van der Waals surface area contributed by atoms with Gasteiger partial charge in [0.25, 0.3) is 5.91 Å². The summed E-state index contributed by atoms with van der Waals surface area (Å²) >= 11 is 0. The number of rotatable bonds is 8. The molecule has 4 heteroatoms. The van der Waals surface area contributed by atoms with Gasteiger partial charge < -0.3 is 15.4 Å². The predicted molar refractivity (Wildman–Crippen MR) is 120 cm³/mol. The Morgan fingerprint density at radius 3 is 2.03 bits per heavy atom. The molecule has 29 heavy (non-hydrogen) atoms. The molecule has 3 aromatic rings. The molecular formula is C25H28N2O2. The van der Waals surface area contributed by atoms with Crippen LogP contribution in [0.3, 0.4) is 0 Å². The Morgan fingerprint density at radius 1 is 0.828 bits per heavy atom. The van der Waals surface area contributed by atoms with Crippen molar-refractivity contribution in [2.45, 2.75) is 32.6 Å². The number of anilines is 3. The molecule has 0 radical (unpaired) electrons. The zero-order valence-electron chi connectivity index (χ0n) is 17.2. The van der Waals surface area contributed by atoms with E-state index in [1.807, 2.05) is 66.7 Å². The molecule has 4 nitrogen and oxygen atoms in total. The lowest BCUT2D eigenvalue weighted by Gasteiger charge is -2.23. The summed E-state index contributed by atoms with van der Waals surface area (Å²) < 4.78 is 5.62. The molecule has 0 spiro atoms. The van der Waals surface area contributed by atoms with Gasteiger partial charge in [0.1, 0.15) is 5.75 Å². The molecule has 0 aliphatic heterocycles. The van der Waals surface area contributed by atoms with E-state index in [2.05, 4.69) is 43.5 Å². The summed E-state index contributed by atoms with van der Waals surface area (Å²) in [6.07, 6.45) is 1.06. The highest BCUT2D eigenvalue weighted by Gasteiger charge is 2.17. The number of hydrogen-bond donors (Lipinski definition) is 2. The van der Waals surface area contributed by atoms with Gasteiger partial charge in [0, 0.05) is 17.1 Å². The minimum absolute atomic E-state index is 0.0272. The van der Waals surface area contributed by atoms with Gasteiger partial charge in [-0.05, 0) is 65.9 Å². The van der Waals surface area contributed by atoms with Gasteiger partial charge in [-0.3, -0.25) is 4.79 Å². The SMILES string of the molecule is CCC(C)(C)c1ccc(OCC(=O)Nc2ccc(Nc3ccccc3)cc2)cc1. The van der Waals surface area contributed by atoms with Crippen LogP contribution in [0.25, 0.3) is 0 Å². The van der Waals surface area contributed by atoms with Crippen LogP contribution in [-0.4, -0.2) is 12.5 Å². The van der Waals surface area contributed by atoms with Crippen LogP contribution in [0.15, 0.2) is 78.9 Å². The third kappa shape index (κ3) is 5.85. The number of benzene rings is 3. The van der Waals surface area contributed by atoms with E-state index in [1.54, 1.807) is 0 Å². The summed E-state index contributed by atoms with van der Waals surface area (Å²) in [4.78, 5) is 12.2. The molecular weight excluding hydrogens is 360 g/mol. The van der Waals surface area contributed by atoms with Gasteiger partial charge in [-0.1, -0.05) is 51.1 Å². The van der Waals surface area contributed by atoms with Crippen molar-refractivity contribution in [2.24, 2.45) is 0 Å². The lowest BCUT2D eigenvalue weighted by molar-refractivity contribution is -0.118. The second kappa shape index (κ2) is 9.28. The maximum atomic E-state index is 12.2. The average molecular weight is 389 g/mol. The Balaban J connectivity index is 1.49. The minimum atomic E-state index is -0.188. The molecule has 0 aliphatic rings. The number of ether oxygens (including phenoxy) is 1. The predicted octanol–water partition coefficient (Wildman–Crippen LogP) is 6.14. The monoisotopic (exact) mass is 388 g/mol.